The molecule has 1 fully saturated rings. The first-order valence-corrected chi connectivity index (χ1v) is 6.93. The van der Waals surface area contributed by atoms with E-state index in [2.05, 4.69) is 51.7 Å². The Labute approximate surface area is 117 Å². The van der Waals surface area contributed by atoms with Gasteiger partial charge in [0.15, 0.2) is 0 Å². The second kappa shape index (κ2) is 4.60. The van der Waals surface area contributed by atoms with Crippen molar-refractivity contribution in [3.8, 4) is 0 Å². The van der Waals surface area contributed by atoms with E-state index in [1.165, 1.54) is 12.0 Å². The van der Waals surface area contributed by atoms with E-state index < -0.39 is 0 Å². The van der Waals surface area contributed by atoms with Gasteiger partial charge in [0.25, 0.3) is 0 Å². The van der Waals surface area contributed by atoms with Gasteiger partial charge in [-0.05, 0) is 24.1 Å². The summed E-state index contributed by atoms with van der Waals surface area (Å²) in [6.45, 7) is 0. The molecular formula is C17H15N3. The van der Waals surface area contributed by atoms with E-state index >= 15 is 0 Å². The summed E-state index contributed by atoms with van der Waals surface area (Å²) in [4.78, 5) is 8.69. The Bertz CT molecular complexity index is 734. The minimum Gasteiger partial charge on any atom is -0.366 e. The topological polar surface area (TPSA) is 37.8 Å². The summed E-state index contributed by atoms with van der Waals surface area (Å²) >= 11 is 0. The second-order valence-corrected chi connectivity index (χ2v) is 5.24. The summed E-state index contributed by atoms with van der Waals surface area (Å²) in [5.74, 6) is 1.55. The van der Waals surface area contributed by atoms with E-state index in [0.29, 0.717) is 12.0 Å². The molecule has 20 heavy (non-hydrogen) atoms. The van der Waals surface area contributed by atoms with Crippen LogP contribution in [0.4, 0.5) is 5.82 Å². The molecule has 1 heterocycles. The monoisotopic (exact) mass is 261 g/mol. The van der Waals surface area contributed by atoms with Crippen LogP contribution in [0.25, 0.3) is 10.9 Å². The zero-order valence-corrected chi connectivity index (χ0v) is 11.0. The molecule has 0 spiro atoms. The molecule has 0 saturated heterocycles. The molecular weight excluding hydrogens is 246 g/mol. The highest BCUT2D eigenvalue weighted by Gasteiger charge is 2.38. The summed E-state index contributed by atoms with van der Waals surface area (Å²) in [5, 5.41) is 4.65. The summed E-state index contributed by atoms with van der Waals surface area (Å²) in [6, 6.07) is 19.3. The fraction of sp³-hybridized carbons (Fsp3) is 0.176. The predicted octanol–water partition coefficient (Wildman–Crippen LogP) is 3.60. The van der Waals surface area contributed by atoms with Crippen LogP contribution in [0.15, 0.2) is 60.9 Å². The quantitative estimate of drug-likeness (QED) is 0.782. The van der Waals surface area contributed by atoms with Gasteiger partial charge in [-0.3, -0.25) is 0 Å². The molecule has 98 valence electrons. The summed E-state index contributed by atoms with van der Waals surface area (Å²) < 4.78 is 0. The number of anilines is 1. The number of hydrogen-bond acceptors (Lipinski definition) is 3. The maximum absolute atomic E-state index is 4.39. The molecule has 0 radical (unpaired) electrons. The number of nitrogens with one attached hydrogen (secondary N) is 1. The van der Waals surface area contributed by atoms with Crippen molar-refractivity contribution in [1.29, 1.82) is 0 Å². The third kappa shape index (κ3) is 2.01. The van der Waals surface area contributed by atoms with Crippen LogP contribution < -0.4 is 5.32 Å². The van der Waals surface area contributed by atoms with E-state index in [1.807, 2.05) is 18.2 Å². The number of hydrogen-bond donors (Lipinski definition) is 1. The molecule has 0 aliphatic heterocycles. The van der Waals surface area contributed by atoms with Crippen molar-refractivity contribution in [1.82, 2.24) is 9.97 Å². The maximum Gasteiger partial charge on any atom is 0.137 e. The van der Waals surface area contributed by atoms with Gasteiger partial charge in [0.1, 0.15) is 12.1 Å². The minimum absolute atomic E-state index is 0.482. The van der Waals surface area contributed by atoms with Gasteiger partial charge in [0.05, 0.1) is 5.52 Å². The van der Waals surface area contributed by atoms with Gasteiger partial charge in [0.2, 0.25) is 0 Å². The lowest BCUT2D eigenvalue weighted by Gasteiger charge is -2.07. The lowest BCUT2D eigenvalue weighted by Crippen LogP contribution is -2.06. The molecule has 2 unspecified atom stereocenters. The Morgan fingerprint density at radius 1 is 0.900 bits per heavy atom. The first-order chi connectivity index (χ1) is 9.92. The fourth-order valence-electron chi connectivity index (χ4n) is 2.72. The van der Waals surface area contributed by atoms with Gasteiger partial charge < -0.3 is 5.32 Å². The van der Waals surface area contributed by atoms with Gasteiger partial charge >= 0.3 is 0 Å². The highest BCUT2D eigenvalue weighted by Crippen LogP contribution is 2.43. The first-order valence-electron chi connectivity index (χ1n) is 6.93. The molecule has 0 amide bonds. The molecule has 1 N–H and O–H groups in total. The number of rotatable bonds is 3. The zero-order valence-electron chi connectivity index (χ0n) is 11.0. The molecule has 4 rings (SSSR count). The van der Waals surface area contributed by atoms with Crippen LogP contribution in [0, 0.1) is 0 Å². The molecule has 3 heteroatoms. The largest absolute Gasteiger partial charge is 0.366 e. The van der Waals surface area contributed by atoms with Crippen molar-refractivity contribution in [2.45, 2.75) is 18.4 Å². The molecule has 2 aromatic carbocycles. The number of fused-ring (bicyclic) bond motifs is 1. The smallest absolute Gasteiger partial charge is 0.137 e. The third-order valence-electron chi connectivity index (χ3n) is 3.88. The van der Waals surface area contributed by atoms with Crippen LogP contribution in [-0.2, 0) is 0 Å². The van der Waals surface area contributed by atoms with E-state index in [1.54, 1.807) is 6.33 Å². The van der Waals surface area contributed by atoms with Crippen molar-refractivity contribution in [2.75, 3.05) is 5.32 Å². The van der Waals surface area contributed by atoms with Crippen molar-refractivity contribution in [2.24, 2.45) is 0 Å². The molecule has 0 bridgehead atoms. The van der Waals surface area contributed by atoms with Gasteiger partial charge in [-0.2, -0.15) is 0 Å². The van der Waals surface area contributed by atoms with Crippen molar-refractivity contribution >= 4 is 16.7 Å². The van der Waals surface area contributed by atoms with Gasteiger partial charge in [-0.15, -0.1) is 0 Å². The van der Waals surface area contributed by atoms with Crippen molar-refractivity contribution in [3.63, 3.8) is 0 Å². The number of aromatic nitrogens is 2. The highest BCUT2D eigenvalue weighted by molar-refractivity contribution is 5.88. The average molecular weight is 261 g/mol. The Morgan fingerprint density at radius 3 is 2.60 bits per heavy atom. The highest BCUT2D eigenvalue weighted by atomic mass is 15.1. The molecule has 1 aliphatic carbocycles. The van der Waals surface area contributed by atoms with Crippen LogP contribution in [0.1, 0.15) is 17.9 Å². The molecule has 1 saturated carbocycles. The Kier molecular flexibility index (Phi) is 2.62. The second-order valence-electron chi connectivity index (χ2n) is 5.24. The molecule has 3 nitrogen and oxygen atoms in total. The lowest BCUT2D eigenvalue weighted by molar-refractivity contribution is 1.03. The normalized spacial score (nSPS) is 20.8. The van der Waals surface area contributed by atoms with Crippen LogP contribution in [0.3, 0.4) is 0 Å². The SMILES string of the molecule is c1ccc(C2CC2Nc2ncnc3ccccc23)cc1. The van der Waals surface area contributed by atoms with E-state index in [9.17, 15) is 0 Å². The standard InChI is InChI=1S/C17H15N3/c1-2-6-12(7-3-1)14-10-16(14)20-17-13-8-4-5-9-15(13)18-11-19-17/h1-9,11,14,16H,10H2,(H,18,19,20). The average Bonchev–Trinajstić information content (AvgIpc) is 3.28. The molecule has 2 atom stereocenters. The fourth-order valence-corrected chi connectivity index (χ4v) is 2.72. The van der Waals surface area contributed by atoms with Crippen LogP contribution >= 0.6 is 0 Å². The molecule has 1 aromatic heterocycles. The number of benzene rings is 2. The zero-order chi connectivity index (χ0) is 13.4. The lowest BCUT2D eigenvalue weighted by atomic mass is 10.1. The number of nitrogens with zero attached hydrogens (tertiary/aromatic N) is 2. The summed E-state index contributed by atoms with van der Waals surface area (Å²) in [6.07, 6.45) is 2.80. The predicted molar refractivity (Wildman–Crippen MR) is 80.7 cm³/mol. The van der Waals surface area contributed by atoms with Crippen LogP contribution in [0.2, 0.25) is 0 Å². The third-order valence-corrected chi connectivity index (χ3v) is 3.88. The first kappa shape index (κ1) is 11.4. The molecule has 3 aromatic rings. The van der Waals surface area contributed by atoms with Crippen molar-refractivity contribution in [3.05, 3.63) is 66.5 Å². The minimum atomic E-state index is 0.482. The van der Waals surface area contributed by atoms with Gasteiger partial charge in [-0.1, -0.05) is 42.5 Å². The maximum atomic E-state index is 4.39. The Morgan fingerprint density at radius 2 is 1.70 bits per heavy atom. The van der Waals surface area contributed by atoms with Crippen LogP contribution in [-0.4, -0.2) is 16.0 Å². The number of para-hydroxylation sites is 1. The van der Waals surface area contributed by atoms with Crippen molar-refractivity contribution < 1.29 is 0 Å². The van der Waals surface area contributed by atoms with E-state index in [0.717, 1.165) is 16.7 Å². The summed E-state index contributed by atoms with van der Waals surface area (Å²) in [5.41, 5.74) is 2.39. The van der Waals surface area contributed by atoms with E-state index in [4.69, 9.17) is 0 Å². The molecule has 1 aliphatic rings. The Balaban J connectivity index is 1.58. The van der Waals surface area contributed by atoms with Gasteiger partial charge in [-0.25, -0.2) is 9.97 Å². The van der Waals surface area contributed by atoms with Gasteiger partial charge in [0, 0.05) is 17.3 Å². The Hall–Kier alpha value is -2.42. The van der Waals surface area contributed by atoms with Crippen LogP contribution in [0.5, 0.6) is 0 Å². The van der Waals surface area contributed by atoms with E-state index in [-0.39, 0.29) is 0 Å². The summed E-state index contributed by atoms with van der Waals surface area (Å²) in [7, 11) is 0.